The van der Waals surface area contributed by atoms with Crippen molar-refractivity contribution in [1.82, 2.24) is 0 Å². The van der Waals surface area contributed by atoms with E-state index >= 15 is 0 Å². The zero-order valence-electron chi connectivity index (χ0n) is 6.07. The van der Waals surface area contributed by atoms with E-state index < -0.39 is 6.09 Å². The topological polar surface area (TPSA) is 76.0 Å². The molecule has 1 rings (SSSR count). The van der Waals surface area contributed by atoms with Crippen LogP contribution >= 0.6 is 0 Å². The lowest BCUT2D eigenvalue weighted by atomic mass is 10.2. The first-order chi connectivity index (χ1) is 5.74. The lowest BCUT2D eigenvalue weighted by Crippen LogP contribution is -2.29. The Morgan fingerprint density at radius 1 is 1.50 bits per heavy atom. The van der Waals surface area contributed by atoms with E-state index in [0.29, 0.717) is 0 Å². The second-order valence-corrected chi connectivity index (χ2v) is 2.07. The molecule has 0 aliphatic heterocycles. The van der Waals surface area contributed by atoms with Crippen LogP contribution in [-0.2, 0) is 0 Å². The first kappa shape index (κ1) is 8.08. The second-order valence-electron chi connectivity index (χ2n) is 2.07. The highest BCUT2D eigenvalue weighted by atomic mass is 16.4. The number of hydrogen-bond donors (Lipinski definition) is 1. The van der Waals surface area contributed by atoms with Gasteiger partial charge in [-0.1, -0.05) is 12.1 Å². The van der Waals surface area contributed by atoms with Crippen molar-refractivity contribution in [1.29, 1.82) is 5.26 Å². The van der Waals surface area contributed by atoms with Crippen molar-refractivity contribution in [2.24, 2.45) is 0 Å². The van der Waals surface area contributed by atoms with Crippen LogP contribution in [0, 0.1) is 11.3 Å². The third-order valence-electron chi connectivity index (χ3n) is 1.28. The predicted molar refractivity (Wildman–Crippen MR) is 40.2 cm³/mol. The Labute approximate surface area is 69.1 Å². The number of carboxylic acid groups (broad SMARTS) is 1. The smallest absolute Gasteiger partial charge is 0.138 e. The number of carbonyl (C=O) groups is 1. The van der Waals surface area contributed by atoms with E-state index in [1.807, 2.05) is 11.4 Å². The van der Waals surface area contributed by atoms with Crippen molar-refractivity contribution >= 4 is 11.8 Å². The minimum atomic E-state index is -1.42. The van der Waals surface area contributed by atoms with E-state index in [1.165, 1.54) is 12.1 Å². The molecule has 0 saturated heterocycles. The summed E-state index contributed by atoms with van der Waals surface area (Å²) in [6.45, 7) is 0. The predicted octanol–water partition coefficient (Wildman–Crippen LogP) is 0.313. The van der Waals surface area contributed by atoms with Gasteiger partial charge >= 0.3 is 0 Å². The summed E-state index contributed by atoms with van der Waals surface area (Å²) in [4.78, 5) is 10.1. The largest absolute Gasteiger partial charge is 0.530 e. The Kier molecular flexibility index (Phi) is 2.29. The molecule has 0 aliphatic carbocycles. The number of para-hydroxylation sites is 1. The fourth-order valence-corrected chi connectivity index (χ4v) is 0.800. The third-order valence-corrected chi connectivity index (χ3v) is 1.28. The number of nitrogens with zero attached hydrogens (tertiary/aromatic N) is 1. The van der Waals surface area contributed by atoms with E-state index in [-0.39, 0.29) is 11.3 Å². The molecule has 0 atom stereocenters. The molecular formula is C8H5N2O2-. The number of rotatable bonds is 1. The number of amides is 1. The maximum Gasteiger partial charge on any atom is 0.138 e. The minimum Gasteiger partial charge on any atom is -0.530 e. The second kappa shape index (κ2) is 3.39. The van der Waals surface area contributed by atoms with E-state index in [1.54, 1.807) is 12.1 Å². The summed E-state index contributed by atoms with van der Waals surface area (Å²) < 4.78 is 0. The lowest BCUT2D eigenvalue weighted by molar-refractivity contribution is -0.242. The summed E-state index contributed by atoms with van der Waals surface area (Å²) in [7, 11) is 0. The van der Waals surface area contributed by atoms with Crippen LogP contribution in [0.15, 0.2) is 24.3 Å². The van der Waals surface area contributed by atoms with Gasteiger partial charge in [0, 0.05) is 0 Å². The number of hydrogen-bond acceptors (Lipinski definition) is 3. The fraction of sp³-hybridized carbons (Fsp3) is 0. The maximum absolute atomic E-state index is 10.1. The molecule has 60 valence electrons. The number of benzene rings is 1. The molecule has 0 radical (unpaired) electrons. The van der Waals surface area contributed by atoms with E-state index in [4.69, 9.17) is 5.26 Å². The van der Waals surface area contributed by atoms with Crippen LogP contribution in [0.4, 0.5) is 10.5 Å². The molecule has 0 heterocycles. The highest BCUT2D eigenvalue weighted by Crippen LogP contribution is 2.12. The summed E-state index contributed by atoms with van der Waals surface area (Å²) >= 11 is 0. The maximum atomic E-state index is 10.1. The van der Waals surface area contributed by atoms with Gasteiger partial charge in [0.15, 0.2) is 0 Å². The summed E-state index contributed by atoms with van der Waals surface area (Å²) in [5, 5.41) is 20.6. The van der Waals surface area contributed by atoms with Crippen LogP contribution in [-0.4, -0.2) is 6.09 Å². The van der Waals surface area contributed by atoms with Crippen LogP contribution in [0.1, 0.15) is 5.56 Å². The fourth-order valence-electron chi connectivity index (χ4n) is 0.800. The normalized spacial score (nSPS) is 8.58. The van der Waals surface area contributed by atoms with Gasteiger partial charge in [-0.2, -0.15) is 5.26 Å². The Morgan fingerprint density at radius 2 is 2.17 bits per heavy atom. The molecule has 4 heteroatoms. The van der Waals surface area contributed by atoms with Crippen LogP contribution in [0.5, 0.6) is 0 Å². The van der Waals surface area contributed by atoms with Gasteiger partial charge in [-0.05, 0) is 12.1 Å². The van der Waals surface area contributed by atoms with Crippen molar-refractivity contribution in [2.75, 3.05) is 5.32 Å². The molecule has 0 saturated carbocycles. The third kappa shape index (κ3) is 1.73. The first-order valence-electron chi connectivity index (χ1n) is 3.21. The molecule has 1 amide bonds. The quantitative estimate of drug-likeness (QED) is 0.644. The van der Waals surface area contributed by atoms with Gasteiger partial charge in [-0.25, -0.2) is 0 Å². The molecule has 0 aliphatic rings. The van der Waals surface area contributed by atoms with Gasteiger partial charge in [-0.15, -0.1) is 0 Å². The highest BCUT2D eigenvalue weighted by Gasteiger charge is 1.97. The molecule has 4 nitrogen and oxygen atoms in total. The van der Waals surface area contributed by atoms with E-state index in [2.05, 4.69) is 0 Å². The Balaban J connectivity index is 2.99. The Bertz CT molecular complexity index is 341. The van der Waals surface area contributed by atoms with Crippen LogP contribution in [0.25, 0.3) is 0 Å². The molecule has 0 spiro atoms. The van der Waals surface area contributed by atoms with Crippen LogP contribution in [0.2, 0.25) is 0 Å². The summed E-state index contributed by atoms with van der Waals surface area (Å²) in [5.41, 5.74) is 0.529. The lowest BCUT2D eigenvalue weighted by Gasteiger charge is -2.06. The van der Waals surface area contributed by atoms with E-state index in [0.717, 1.165) is 0 Å². The highest BCUT2D eigenvalue weighted by molar-refractivity contribution is 5.83. The monoisotopic (exact) mass is 161 g/mol. The summed E-state index contributed by atoms with van der Waals surface area (Å²) in [6, 6.07) is 8.14. The van der Waals surface area contributed by atoms with E-state index in [9.17, 15) is 9.90 Å². The van der Waals surface area contributed by atoms with Crippen molar-refractivity contribution in [3.05, 3.63) is 29.8 Å². The number of carbonyl (C=O) groups excluding carboxylic acids is 1. The van der Waals surface area contributed by atoms with Gasteiger partial charge < -0.3 is 15.2 Å². The van der Waals surface area contributed by atoms with Gasteiger partial charge in [0.2, 0.25) is 0 Å². The van der Waals surface area contributed by atoms with Crippen molar-refractivity contribution in [3.63, 3.8) is 0 Å². The van der Waals surface area contributed by atoms with Gasteiger partial charge in [0.05, 0.1) is 11.3 Å². The average molecular weight is 161 g/mol. The standard InChI is InChI=1S/C8H6N2O2/c9-5-6-3-1-2-4-7(6)10-8(11)12/h1-4,10H,(H,11,12)/p-1. The van der Waals surface area contributed by atoms with Crippen molar-refractivity contribution in [3.8, 4) is 6.07 Å². The Hall–Kier alpha value is -2.02. The number of anilines is 1. The summed E-state index contributed by atoms with van der Waals surface area (Å²) in [5.74, 6) is 0. The molecule has 0 bridgehead atoms. The van der Waals surface area contributed by atoms with Gasteiger partial charge in [0.1, 0.15) is 12.2 Å². The average Bonchev–Trinajstić information content (AvgIpc) is 2.04. The van der Waals surface area contributed by atoms with Crippen LogP contribution < -0.4 is 10.4 Å². The minimum absolute atomic E-state index is 0.250. The number of nitrogens with one attached hydrogen (secondary N) is 1. The molecule has 0 aromatic heterocycles. The zero-order valence-corrected chi connectivity index (χ0v) is 6.07. The van der Waals surface area contributed by atoms with Gasteiger partial charge in [0.25, 0.3) is 0 Å². The molecule has 12 heavy (non-hydrogen) atoms. The molecule has 0 fully saturated rings. The molecule has 1 aromatic carbocycles. The number of nitriles is 1. The summed E-state index contributed by atoms with van der Waals surface area (Å²) in [6.07, 6.45) is -1.42. The van der Waals surface area contributed by atoms with Gasteiger partial charge in [-0.3, -0.25) is 0 Å². The van der Waals surface area contributed by atoms with Crippen LogP contribution in [0.3, 0.4) is 0 Å². The first-order valence-corrected chi connectivity index (χ1v) is 3.21. The SMILES string of the molecule is N#Cc1ccccc1NC(=O)[O-]. The van der Waals surface area contributed by atoms with Crippen molar-refractivity contribution in [2.45, 2.75) is 0 Å². The Morgan fingerprint density at radius 3 is 2.75 bits per heavy atom. The molecule has 0 unspecified atom stereocenters. The molecular weight excluding hydrogens is 156 g/mol. The van der Waals surface area contributed by atoms with Crippen molar-refractivity contribution < 1.29 is 9.90 Å². The zero-order chi connectivity index (χ0) is 8.97. The molecule has 1 N–H and O–H groups in total. The molecule has 1 aromatic rings.